The number of non-ortho nitro benzene ring substituents is 1. The molecule has 0 saturated carbocycles. The summed E-state index contributed by atoms with van der Waals surface area (Å²) < 4.78 is 18.5. The molecule has 0 radical (unpaired) electrons. The van der Waals surface area contributed by atoms with Crippen LogP contribution in [0.1, 0.15) is 17.3 Å². The SMILES string of the molecule is CCOC(=O)Cn1c(=NC(=O)c2cc([N+](=O)[O-])ccc2Cl)sc2cc3c(cc21)OCCO3. The van der Waals surface area contributed by atoms with E-state index in [1.807, 2.05) is 0 Å². The summed E-state index contributed by atoms with van der Waals surface area (Å²) in [4.78, 5) is 39.8. The van der Waals surface area contributed by atoms with Gasteiger partial charge in [0.15, 0.2) is 16.3 Å². The van der Waals surface area contributed by atoms with Crippen LogP contribution in [0.5, 0.6) is 11.5 Å². The molecule has 0 N–H and O–H groups in total. The van der Waals surface area contributed by atoms with E-state index in [2.05, 4.69) is 4.99 Å². The van der Waals surface area contributed by atoms with Crippen LogP contribution in [-0.4, -0.2) is 41.2 Å². The van der Waals surface area contributed by atoms with E-state index >= 15 is 0 Å². The maximum Gasteiger partial charge on any atom is 0.326 e. The Bertz CT molecular complexity index is 1310. The van der Waals surface area contributed by atoms with Gasteiger partial charge in [0.2, 0.25) is 0 Å². The molecule has 3 aromatic rings. The molecule has 4 rings (SSSR count). The lowest BCUT2D eigenvalue weighted by Crippen LogP contribution is -2.23. The topological polar surface area (TPSA) is 122 Å². The summed E-state index contributed by atoms with van der Waals surface area (Å²) in [5.74, 6) is -0.226. The number of amides is 1. The normalized spacial score (nSPS) is 13.2. The molecule has 2 heterocycles. The van der Waals surface area contributed by atoms with Gasteiger partial charge in [-0.1, -0.05) is 22.9 Å². The lowest BCUT2D eigenvalue weighted by molar-refractivity contribution is -0.384. The number of carbonyl (C=O) groups is 2. The van der Waals surface area contributed by atoms with Gasteiger partial charge >= 0.3 is 5.97 Å². The number of aromatic nitrogens is 1. The number of nitrogens with zero attached hydrogens (tertiary/aromatic N) is 3. The molecule has 0 aliphatic carbocycles. The summed E-state index contributed by atoms with van der Waals surface area (Å²) in [5.41, 5.74) is 0.196. The van der Waals surface area contributed by atoms with Gasteiger partial charge in [-0.05, 0) is 13.0 Å². The van der Waals surface area contributed by atoms with Crippen LogP contribution in [0.2, 0.25) is 5.02 Å². The Balaban J connectivity index is 1.86. The quantitative estimate of drug-likeness (QED) is 0.313. The first-order valence-corrected chi connectivity index (χ1v) is 10.7. The van der Waals surface area contributed by atoms with Crippen LogP contribution < -0.4 is 14.3 Å². The summed E-state index contributed by atoms with van der Waals surface area (Å²) in [7, 11) is 0. The van der Waals surface area contributed by atoms with E-state index in [4.69, 9.17) is 25.8 Å². The molecular weight excluding hydrogens is 462 g/mol. The zero-order chi connectivity index (χ0) is 22.8. The zero-order valence-electron chi connectivity index (χ0n) is 16.7. The molecule has 0 spiro atoms. The number of nitro benzene ring substituents is 1. The molecule has 0 atom stereocenters. The van der Waals surface area contributed by atoms with E-state index in [9.17, 15) is 19.7 Å². The Morgan fingerprint density at radius 3 is 2.66 bits per heavy atom. The minimum absolute atomic E-state index is 0.0275. The fraction of sp³-hybridized carbons (Fsp3) is 0.250. The van der Waals surface area contributed by atoms with E-state index < -0.39 is 16.8 Å². The predicted molar refractivity (Wildman–Crippen MR) is 115 cm³/mol. The lowest BCUT2D eigenvalue weighted by Gasteiger charge is -2.18. The third-order valence-corrected chi connectivity index (χ3v) is 5.90. The fourth-order valence-corrected chi connectivity index (χ4v) is 4.35. The summed E-state index contributed by atoms with van der Waals surface area (Å²) in [6.07, 6.45) is 0. The summed E-state index contributed by atoms with van der Waals surface area (Å²) >= 11 is 7.23. The number of halogens is 1. The van der Waals surface area contributed by atoms with Crippen molar-refractivity contribution in [3.63, 3.8) is 0 Å². The molecule has 2 aromatic carbocycles. The van der Waals surface area contributed by atoms with Crippen LogP contribution in [0, 0.1) is 10.1 Å². The van der Waals surface area contributed by atoms with Gasteiger partial charge in [-0.3, -0.25) is 19.7 Å². The van der Waals surface area contributed by atoms with Crippen molar-refractivity contribution in [2.45, 2.75) is 13.5 Å². The van der Waals surface area contributed by atoms with Crippen molar-refractivity contribution in [1.82, 2.24) is 4.57 Å². The van der Waals surface area contributed by atoms with E-state index in [-0.39, 0.29) is 34.2 Å². The molecular formula is C20H16ClN3O7S. The number of benzene rings is 2. The predicted octanol–water partition coefficient (Wildman–Crippen LogP) is 3.34. The van der Waals surface area contributed by atoms with E-state index in [0.29, 0.717) is 34.9 Å². The minimum atomic E-state index is -0.778. The number of hydrogen-bond acceptors (Lipinski definition) is 8. The number of fused-ring (bicyclic) bond motifs is 2. The Morgan fingerprint density at radius 2 is 1.97 bits per heavy atom. The lowest BCUT2D eigenvalue weighted by atomic mass is 10.2. The van der Waals surface area contributed by atoms with Crippen molar-refractivity contribution in [3.05, 3.63) is 55.8 Å². The van der Waals surface area contributed by atoms with Crippen molar-refractivity contribution >= 4 is 50.7 Å². The molecule has 1 amide bonds. The molecule has 10 nitrogen and oxygen atoms in total. The molecule has 166 valence electrons. The molecule has 1 aromatic heterocycles. The molecule has 1 aliphatic heterocycles. The highest BCUT2D eigenvalue weighted by Crippen LogP contribution is 2.35. The van der Waals surface area contributed by atoms with Crippen molar-refractivity contribution < 1.29 is 28.7 Å². The van der Waals surface area contributed by atoms with Crippen molar-refractivity contribution in [1.29, 1.82) is 0 Å². The molecule has 0 unspecified atom stereocenters. The maximum absolute atomic E-state index is 12.9. The second-order valence-electron chi connectivity index (χ2n) is 6.58. The van der Waals surface area contributed by atoms with Crippen molar-refractivity contribution in [2.75, 3.05) is 19.8 Å². The third kappa shape index (κ3) is 4.30. The van der Waals surface area contributed by atoms with Gasteiger partial charge in [0.25, 0.3) is 11.6 Å². The molecule has 0 saturated heterocycles. The largest absolute Gasteiger partial charge is 0.486 e. The highest BCUT2D eigenvalue weighted by atomic mass is 35.5. The van der Waals surface area contributed by atoms with E-state index in [1.54, 1.807) is 19.1 Å². The average Bonchev–Trinajstić information content (AvgIpc) is 3.08. The Kier molecular flexibility index (Phi) is 6.10. The first-order chi connectivity index (χ1) is 15.4. The van der Waals surface area contributed by atoms with Gasteiger partial charge in [-0.15, -0.1) is 0 Å². The minimum Gasteiger partial charge on any atom is -0.486 e. The van der Waals surface area contributed by atoms with Gasteiger partial charge < -0.3 is 18.8 Å². The number of esters is 1. The van der Waals surface area contributed by atoms with Gasteiger partial charge in [-0.2, -0.15) is 4.99 Å². The number of hydrogen-bond donors (Lipinski definition) is 0. The molecule has 0 fully saturated rings. The number of carbonyl (C=O) groups excluding carboxylic acids is 2. The highest BCUT2D eigenvalue weighted by Gasteiger charge is 2.20. The van der Waals surface area contributed by atoms with E-state index in [0.717, 1.165) is 17.4 Å². The second-order valence-corrected chi connectivity index (χ2v) is 7.99. The molecule has 12 heteroatoms. The Labute approximate surface area is 189 Å². The first kappa shape index (κ1) is 21.8. The number of thiazole rings is 1. The number of rotatable bonds is 5. The molecule has 0 bridgehead atoms. The molecule has 32 heavy (non-hydrogen) atoms. The van der Waals surface area contributed by atoms with Gasteiger partial charge in [0.1, 0.15) is 19.8 Å². The van der Waals surface area contributed by atoms with Gasteiger partial charge in [-0.25, -0.2) is 0 Å². The van der Waals surface area contributed by atoms with Crippen LogP contribution >= 0.6 is 22.9 Å². The van der Waals surface area contributed by atoms with Crippen LogP contribution in [0.3, 0.4) is 0 Å². The van der Waals surface area contributed by atoms with Crippen molar-refractivity contribution in [3.8, 4) is 11.5 Å². The van der Waals surface area contributed by atoms with Crippen molar-refractivity contribution in [2.24, 2.45) is 4.99 Å². The van der Waals surface area contributed by atoms with Crippen LogP contribution in [0.4, 0.5) is 5.69 Å². The summed E-state index contributed by atoms with van der Waals surface area (Å²) in [6.45, 7) is 2.50. The number of nitro groups is 1. The van der Waals surface area contributed by atoms with Crippen LogP contribution in [0.25, 0.3) is 10.2 Å². The molecule has 1 aliphatic rings. The van der Waals surface area contributed by atoms with Crippen LogP contribution in [0.15, 0.2) is 35.3 Å². The maximum atomic E-state index is 12.9. The summed E-state index contributed by atoms with van der Waals surface area (Å²) in [6, 6.07) is 6.99. The zero-order valence-corrected chi connectivity index (χ0v) is 18.3. The fourth-order valence-electron chi connectivity index (χ4n) is 3.12. The summed E-state index contributed by atoms with van der Waals surface area (Å²) in [5, 5.41) is 11.1. The highest BCUT2D eigenvalue weighted by molar-refractivity contribution is 7.16. The first-order valence-electron chi connectivity index (χ1n) is 9.49. The number of ether oxygens (including phenoxy) is 3. The smallest absolute Gasteiger partial charge is 0.326 e. The van der Waals surface area contributed by atoms with Crippen LogP contribution in [-0.2, 0) is 16.1 Å². The second kappa shape index (κ2) is 8.97. The monoisotopic (exact) mass is 477 g/mol. The third-order valence-electron chi connectivity index (χ3n) is 4.53. The van der Waals surface area contributed by atoms with Gasteiger partial charge in [0, 0.05) is 24.3 Å². The van der Waals surface area contributed by atoms with Gasteiger partial charge in [0.05, 0.1) is 32.3 Å². The Morgan fingerprint density at radius 1 is 1.25 bits per heavy atom. The van der Waals surface area contributed by atoms with E-state index in [1.165, 1.54) is 16.7 Å². The standard InChI is InChI=1S/C20H16ClN3O7S/c1-2-29-18(25)10-23-14-8-15-16(31-6-5-30-15)9-17(14)32-20(23)22-19(26)12-7-11(24(27)28)3-4-13(12)21/h3-4,7-9H,2,5-6,10H2,1H3. The Hall–Kier alpha value is -3.44. The average molecular weight is 478 g/mol.